The third-order valence-corrected chi connectivity index (χ3v) is 7.82. The fraction of sp³-hybridized carbons (Fsp3) is 0.727. The molecule has 1 aliphatic rings. The van der Waals surface area contributed by atoms with E-state index in [1.807, 2.05) is 6.92 Å². The van der Waals surface area contributed by atoms with Crippen molar-refractivity contribution < 1.29 is 23.3 Å². The lowest BCUT2D eigenvalue weighted by atomic mass is 10.1. The second-order valence-corrected chi connectivity index (χ2v) is 10.9. The number of aromatic amines is 1. The maximum absolute atomic E-state index is 12.6. The molecule has 2 N–H and O–H groups in total. The number of fused-ring (bicyclic) bond motifs is 1. The molecule has 0 radical (unpaired) electrons. The predicted octanol–water partition coefficient (Wildman–Crippen LogP) is 3.02. The fourth-order valence-corrected chi connectivity index (χ4v) is 5.76. The van der Waals surface area contributed by atoms with Gasteiger partial charge in [0, 0.05) is 32.2 Å². The van der Waals surface area contributed by atoms with Gasteiger partial charge in [0.1, 0.15) is 12.2 Å². The molecule has 1 aliphatic heterocycles. The number of imidazole rings is 1. The lowest BCUT2D eigenvalue weighted by molar-refractivity contribution is -0.118. The number of hydrogen-bond acceptors (Lipinski definition) is 9. The van der Waals surface area contributed by atoms with Crippen LogP contribution in [0.2, 0.25) is 0 Å². The lowest BCUT2D eigenvalue weighted by Gasteiger charge is -2.37. The molecule has 3 rings (SSSR count). The number of aromatic nitrogens is 4. The maximum Gasteiger partial charge on any atom is 0.280 e. The quantitative estimate of drug-likeness (QED) is 0.461. The van der Waals surface area contributed by atoms with E-state index < -0.39 is 32.5 Å². The van der Waals surface area contributed by atoms with Crippen molar-refractivity contribution in [2.45, 2.75) is 85.1 Å². The van der Waals surface area contributed by atoms with Gasteiger partial charge in [-0.1, -0.05) is 13.8 Å². The van der Waals surface area contributed by atoms with Crippen molar-refractivity contribution in [2.24, 2.45) is 5.92 Å². The van der Waals surface area contributed by atoms with Crippen molar-refractivity contribution >= 4 is 31.5 Å². The van der Waals surface area contributed by atoms with Crippen LogP contribution in [0.5, 0.6) is 0 Å². The molecule has 1 saturated heterocycles. The van der Waals surface area contributed by atoms with E-state index in [1.54, 1.807) is 32.6 Å². The van der Waals surface area contributed by atoms with E-state index in [-0.39, 0.29) is 47.1 Å². The zero-order valence-corrected chi connectivity index (χ0v) is 22.7. The molecule has 3 heterocycles. The zero-order chi connectivity index (χ0) is 26.0. The van der Waals surface area contributed by atoms with E-state index in [0.717, 1.165) is 0 Å². The summed E-state index contributed by atoms with van der Waals surface area (Å²) in [6.07, 6.45) is -0.492. The summed E-state index contributed by atoms with van der Waals surface area (Å²) in [6.45, 7) is 13.8. The van der Waals surface area contributed by atoms with Crippen LogP contribution in [-0.4, -0.2) is 74.7 Å². The van der Waals surface area contributed by atoms with Crippen LogP contribution in [0.25, 0.3) is 11.2 Å². The van der Waals surface area contributed by atoms with Gasteiger partial charge >= 0.3 is 0 Å². The molecular formula is C22H37N6O6P. The third-order valence-electron chi connectivity index (χ3n) is 5.78. The maximum atomic E-state index is 12.6. The number of anilines is 1. The first-order valence-electron chi connectivity index (χ1n) is 11.7. The molecule has 0 spiro atoms. The molecule has 12 nitrogen and oxygen atoms in total. The zero-order valence-electron chi connectivity index (χ0n) is 21.8. The van der Waals surface area contributed by atoms with E-state index >= 15 is 0 Å². The highest BCUT2D eigenvalue weighted by Crippen LogP contribution is 2.49. The van der Waals surface area contributed by atoms with E-state index in [4.69, 9.17) is 18.5 Å². The summed E-state index contributed by atoms with van der Waals surface area (Å²) >= 11 is 0. The largest absolute Gasteiger partial charge is 0.374 e. The highest BCUT2D eigenvalue weighted by molar-refractivity contribution is 7.44. The molecule has 196 valence electrons. The number of ether oxygens (including phenoxy) is 2. The topological polar surface area (TPSA) is 133 Å². The number of H-pyrrole nitrogens is 1. The van der Waals surface area contributed by atoms with Gasteiger partial charge in [0.2, 0.25) is 11.9 Å². The molecule has 1 amide bonds. The molecule has 13 heteroatoms. The Kier molecular flexibility index (Phi) is 9.01. The average molecular weight is 513 g/mol. The summed E-state index contributed by atoms with van der Waals surface area (Å²) in [6, 6.07) is 0.423. The van der Waals surface area contributed by atoms with E-state index in [0.29, 0.717) is 0 Å². The molecule has 5 atom stereocenters. The fourth-order valence-electron chi connectivity index (χ4n) is 4.13. The minimum Gasteiger partial charge on any atom is -0.374 e. The molecule has 2 aromatic rings. The average Bonchev–Trinajstić information content (AvgIpc) is 3.33. The van der Waals surface area contributed by atoms with Gasteiger partial charge in [0.05, 0.1) is 12.4 Å². The molecular weight excluding hydrogens is 475 g/mol. The number of methoxy groups -OCH3 is 1. The Bertz CT molecular complexity index is 1060. The van der Waals surface area contributed by atoms with E-state index in [2.05, 4.69) is 52.6 Å². The Morgan fingerprint density at radius 3 is 2.40 bits per heavy atom. The summed E-state index contributed by atoms with van der Waals surface area (Å²) in [5, 5.41) is 2.63. The minimum atomic E-state index is -1.38. The summed E-state index contributed by atoms with van der Waals surface area (Å²) in [7, 11) is 1.84. The van der Waals surface area contributed by atoms with Crippen molar-refractivity contribution in [3.63, 3.8) is 0 Å². The van der Waals surface area contributed by atoms with Gasteiger partial charge in [-0.3, -0.25) is 24.5 Å². The predicted molar refractivity (Wildman–Crippen MR) is 133 cm³/mol. The molecule has 0 aliphatic carbocycles. The van der Waals surface area contributed by atoms with Crippen LogP contribution in [-0.2, 0) is 23.3 Å². The summed E-state index contributed by atoms with van der Waals surface area (Å²) in [5.74, 6) is -0.494. The highest BCUT2D eigenvalue weighted by Gasteiger charge is 2.47. The first kappa shape index (κ1) is 27.6. The first-order chi connectivity index (χ1) is 16.5. The Hall–Kier alpha value is -1.95. The third kappa shape index (κ3) is 5.73. The monoisotopic (exact) mass is 512 g/mol. The standard InChI is InChI=1S/C22H37N6O6P/c1-11(2)19(29)25-22-24-18-15(20(30)26-22)23-10-27(18)21-17(31-8)16(14(7)33-21)34-35(32-9)28(12(3)4)13(5)6/h10-14,16-17,21H,1-9H3,(H2,24,25,26,29,30)/t14-,16+,17?,21-,35?/m1/s1. The molecule has 0 aromatic carbocycles. The van der Waals surface area contributed by atoms with Crippen molar-refractivity contribution in [1.29, 1.82) is 0 Å². The Labute approximate surface area is 206 Å². The summed E-state index contributed by atoms with van der Waals surface area (Å²) < 4.78 is 28.1. The van der Waals surface area contributed by atoms with E-state index in [9.17, 15) is 9.59 Å². The number of amides is 1. The highest BCUT2D eigenvalue weighted by atomic mass is 31.2. The molecule has 35 heavy (non-hydrogen) atoms. The molecule has 2 aromatic heterocycles. The van der Waals surface area contributed by atoms with Crippen LogP contribution in [0, 0.1) is 5.92 Å². The number of rotatable bonds is 10. The van der Waals surface area contributed by atoms with Gasteiger partial charge in [-0.2, -0.15) is 4.98 Å². The molecule has 0 saturated carbocycles. The first-order valence-corrected chi connectivity index (χ1v) is 12.9. The van der Waals surface area contributed by atoms with Crippen LogP contribution in [0.15, 0.2) is 11.1 Å². The lowest BCUT2D eigenvalue weighted by Crippen LogP contribution is -2.38. The van der Waals surface area contributed by atoms with Crippen molar-refractivity contribution in [3.8, 4) is 0 Å². The second kappa shape index (κ2) is 11.4. The Morgan fingerprint density at radius 2 is 1.86 bits per heavy atom. The number of carbonyl (C=O) groups is 1. The van der Waals surface area contributed by atoms with Crippen molar-refractivity contribution in [1.82, 2.24) is 24.2 Å². The van der Waals surface area contributed by atoms with Crippen LogP contribution < -0.4 is 10.9 Å². The van der Waals surface area contributed by atoms with Crippen LogP contribution in [0.3, 0.4) is 0 Å². The van der Waals surface area contributed by atoms with Gasteiger partial charge in [-0.05, 0) is 34.6 Å². The summed E-state index contributed by atoms with van der Waals surface area (Å²) in [5.41, 5.74) is -0.0614. The van der Waals surface area contributed by atoms with Gasteiger partial charge in [-0.15, -0.1) is 0 Å². The second-order valence-electron chi connectivity index (χ2n) is 9.37. The normalized spacial score (nSPS) is 23.8. The van der Waals surface area contributed by atoms with Gasteiger partial charge in [-0.25, -0.2) is 9.65 Å². The Morgan fingerprint density at radius 1 is 1.20 bits per heavy atom. The minimum absolute atomic E-state index is 0.0446. The van der Waals surface area contributed by atoms with Gasteiger partial charge < -0.3 is 18.5 Å². The van der Waals surface area contributed by atoms with E-state index in [1.165, 1.54) is 6.33 Å². The van der Waals surface area contributed by atoms with Crippen molar-refractivity contribution in [2.75, 3.05) is 19.5 Å². The van der Waals surface area contributed by atoms with Gasteiger partial charge in [0.25, 0.3) is 14.1 Å². The van der Waals surface area contributed by atoms with Crippen LogP contribution >= 0.6 is 8.53 Å². The number of nitrogens with zero attached hydrogens (tertiary/aromatic N) is 4. The van der Waals surface area contributed by atoms with Crippen LogP contribution in [0.4, 0.5) is 5.95 Å². The van der Waals surface area contributed by atoms with Gasteiger partial charge in [0.15, 0.2) is 17.4 Å². The summed E-state index contributed by atoms with van der Waals surface area (Å²) in [4.78, 5) is 36.0. The Balaban J connectivity index is 1.94. The molecule has 0 bridgehead atoms. The van der Waals surface area contributed by atoms with Crippen LogP contribution in [0.1, 0.15) is 54.7 Å². The molecule has 1 fully saturated rings. The number of nitrogens with one attached hydrogen (secondary N) is 2. The number of hydrogen-bond donors (Lipinski definition) is 2. The smallest absolute Gasteiger partial charge is 0.280 e. The number of carbonyl (C=O) groups excluding carboxylic acids is 1. The SMILES string of the molecule is COC1[C@@H](OP(OC)N(C(C)C)C(C)C)[C@@H](C)O[C@H]1n1cnc2c(=O)[nH]c(NC(=O)C(C)C)nc21. The van der Waals surface area contributed by atoms with Crippen molar-refractivity contribution in [3.05, 3.63) is 16.7 Å². The molecule has 2 unspecified atom stereocenters.